The Morgan fingerprint density at radius 1 is 1.57 bits per heavy atom. The van der Waals surface area contributed by atoms with Crippen LogP contribution in [0, 0.1) is 0 Å². The number of nitrogens with zero attached hydrogens (tertiary/aromatic N) is 1. The van der Waals surface area contributed by atoms with Crippen molar-refractivity contribution < 1.29 is 14.9 Å². The van der Waals surface area contributed by atoms with Gasteiger partial charge in [-0.15, -0.1) is 0 Å². The third-order valence-corrected chi connectivity index (χ3v) is 2.49. The Morgan fingerprint density at radius 3 is 2.86 bits per heavy atom. The Hall–Kier alpha value is -0.650. The van der Waals surface area contributed by atoms with Crippen LogP contribution in [0.25, 0.3) is 0 Å². The minimum atomic E-state index is -1.04. The molecule has 0 saturated heterocycles. The molecule has 1 rings (SSSR count). The van der Waals surface area contributed by atoms with Gasteiger partial charge in [-0.25, -0.2) is 0 Å². The predicted octanol–water partition coefficient (Wildman–Crippen LogP) is 0.879. The van der Waals surface area contributed by atoms with E-state index in [0.717, 1.165) is 0 Å². The Bertz CT molecular complexity index is 295. The number of aromatic nitrogens is 1. The van der Waals surface area contributed by atoms with Gasteiger partial charge in [0.15, 0.2) is 0 Å². The summed E-state index contributed by atoms with van der Waals surface area (Å²) in [6.45, 7) is 0. The molecule has 2 unspecified atom stereocenters. The summed E-state index contributed by atoms with van der Waals surface area (Å²) >= 11 is 3.08. The third kappa shape index (κ3) is 2.43. The smallest absolute Gasteiger partial charge is 0.143 e. The van der Waals surface area contributed by atoms with E-state index in [4.69, 9.17) is 4.74 Å². The maximum absolute atomic E-state index is 9.68. The number of aliphatic hydroxyl groups excluding tert-OH is 2. The van der Waals surface area contributed by atoms with Gasteiger partial charge in [-0.05, 0) is 12.1 Å². The summed E-state index contributed by atoms with van der Waals surface area (Å²) in [5.74, 6) is 0.472. The van der Waals surface area contributed by atoms with Crippen molar-refractivity contribution in [3.63, 3.8) is 0 Å². The summed E-state index contributed by atoms with van der Waals surface area (Å²) in [5, 5.41) is 19.4. The van der Waals surface area contributed by atoms with Crippen LogP contribution in [-0.2, 0) is 0 Å². The van der Waals surface area contributed by atoms with E-state index in [1.807, 2.05) is 0 Å². The lowest BCUT2D eigenvalue weighted by Crippen LogP contribution is -2.21. The number of aliphatic hydroxyl groups is 2. The van der Waals surface area contributed by atoms with E-state index >= 15 is 0 Å². The quantitative estimate of drug-likeness (QED) is 0.791. The zero-order valence-electron chi connectivity index (χ0n) is 7.72. The summed E-state index contributed by atoms with van der Waals surface area (Å²) in [7, 11) is 1.49. The van der Waals surface area contributed by atoms with Crippen LogP contribution in [0.2, 0.25) is 0 Å². The summed E-state index contributed by atoms with van der Waals surface area (Å²) in [4.78, 5) is 3.96. The average molecular weight is 262 g/mol. The largest absolute Gasteiger partial charge is 0.495 e. The molecule has 0 amide bonds. The standard InChI is InChI=1S/C9H12BrNO3/c1-14-7-3-2-4-11-8(7)9(13)6(12)5-10/h2-4,6,9,12-13H,5H2,1H3. The lowest BCUT2D eigenvalue weighted by molar-refractivity contribution is 0.0299. The first-order valence-electron chi connectivity index (χ1n) is 4.11. The molecule has 78 valence electrons. The molecule has 0 aromatic carbocycles. The van der Waals surface area contributed by atoms with Crippen LogP contribution in [0.4, 0.5) is 0 Å². The van der Waals surface area contributed by atoms with Crippen molar-refractivity contribution in [1.82, 2.24) is 4.98 Å². The SMILES string of the molecule is COc1cccnc1C(O)C(O)CBr. The van der Waals surface area contributed by atoms with E-state index in [1.165, 1.54) is 7.11 Å². The van der Waals surface area contributed by atoms with Gasteiger partial charge in [0.05, 0.1) is 13.2 Å². The van der Waals surface area contributed by atoms with Gasteiger partial charge in [0.1, 0.15) is 17.5 Å². The van der Waals surface area contributed by atoms with Crippen molar-refractivity contribution in [2.24, 2.45) is 0 Å². The summed E-state index contributed by atoms with van der Waals surface area (Å²) in [5.41, 5.74) is 0.349. The molecule has 0 radical (unpaired) electrons. The molecule has 0 aliphatic rings. The van der Waals surface area contributed by atoms with E-state index in [1.54, 1.807) is 18.3 Å². The Kier molecular flexibility index (Phi) is 4.31. The fraction of sp³-hybridized carbons (Fsp3) is 0.444. The molecule has 14 heavy (non-hydrogen) atoms. The molecule has 5 heteroatoms. The molecular weight excluding hydrogens is 250 g/mol. The van der Waals surface area contributed by atoms with Gasteiger partial charge in [-0.2, -0.15) is 0 Å². The van der Waals surface area contributed by atoms with Gasteiger partial charge >= 0.3 is 0 Å². The van der Waals surface area contributed by atoms with E-state index < -0.39 is 12.2 Å². The first-order chi connectivity index (χ1) is 6.70. The predicted molar refractivity (Wildman–Crippen MR) is 55.5 cm³/mol. The molecule has 0 bridgehead atoms. The Labute approximate surface area is 90.7 Å². The highest BCUT2D eigenvalue weighted by Crippen LogP contribution is 2.24. The van der Waals surface area contributed by atoms with Gasteiger partial charge < -0.3 is 14.9 Å². The van der Waals surface area contributed by atoms with E-state index in [0.29, 0.717) is 11.4 Å². The normalized spacial score (nSPS) is 14.9. The highest BCUT2D eigenvalue weighted by molar-refractivity contribution is 9.09. The molecule has 2 N–H and O–H groups in total. The topological polar surface area (TPSA) is 62.6 Å². The van der Waals surface area contributed by atoms with Gasteiger partial charge in [0, 0.05) is 11.5 Å². The van der Waals surface area contributed by atoms with Crippen LogP contribution < -0.4 is 4.74 Å². The van der Waals surface area contributed by atoms with Crippen molar-refractivity contribution >= 4 is 15.9 Å². The summed E-state index contributed by atoms with van der Waals surface area (Å²) in [6.07, 6.45) is -0.383. The molecule has 1 aromatic rings. The zero-order chi connectivity index (χ0) is 10.6. The second-order valence-electron chi connectivity index (χ2n) is 2.76. The molecule has 2 atom stereocenters. The highest BCUT2D eigenvalue weighted by atomic mass is 79.9. The number of pyridine rings is 1. The van der Waals surface area contributed by atoms with Crippen LogP contribution in [-0.4, -0.2) is 33.7 Å². The van der Waals surface area contributed by atoms with E-state index in [9.17, 15) is 10.2 Å². The molecule has 0 aliphatic heterocycles. The lowest BCUT2D eigenvalue weighted by atomic mass is 10.1. The van der Waals surface area contributed by atoms with Crippen LogP contribution in [0.1, 0.15) is 11.8 Å². The molecule has 0 saturated carbocycles. The lowest BCUT2D eigenvalue weighted by Gasteiger charge is -2.16. The van der Waals surface area contributed by atoms with Crippen LogP contribution >= 0.6 is 15.9 Å². The summed E-state index contributed by atoms with van der Waals surface area (Å²) in [6, 6.07) is 3.39. The van der Waals surface area contributed by atoms with Crippen molar-refractivity contribution in [3.05, 3.63) is 24.0 Å². The second kappa shape index (κ2) is 5.29. The number of alkyl halides is 1. The number of rotatable bonds is 4. The molecule has 0 fully saturated rings. The number of hydrogen-bond donors (Lipinski definition) is 2. The maximum Gasteiger partial charge on any atom is 0.143 e. The fourth-order valence-electron chi connectivity index (χ4n) is 1.06. The average Bonchev–Trinajstić information content (AvgIpc) is 2.26. The number of halogens is 1. The van der Waals surface area contributed by atoms with Crippen LogP contribution in [0.3, 0.4) is 0 Å². The monoisotopic (exact) mass is 261 g/mol. The Balaban J connectivity index is 2.93. The summed E-state index contributed by atoms with van der Waals surface area (Å²) < 4.78 is 5.01. The third-order valence-electron chi connectivity index (χ3n) is 1.82. The van der Waals surface area contributed by atoms with Crippen LogP contribution in [0.15, 0.2) is 18.3 Å². The molecule has 1 heterocycles. The molecular formula is C9H12BrNO3. The minimum Gasteiger partial charge on any atom is -0.495 e. The van der Waals surface area contributed by atoms with Gasteiger partial charge in [-0.1, -0.05) is 15.9 Å². The van der Waals surface area contributed by atoms with Crippen LogP contribution in [0.5, 0.6) is 5.75 Å². The van der Waals surface area contributed by atoms with Crippen molar-refractivity contribution in [1.29, 1.82) is 0 Å². The van der Waals surface area contributed by atoms with Gasteiger partial charge in [0.2, 0.25) is 0 Å². The first kappa shape index (κ1) is 11.4. The highest BCUT2D eigenvalue weighted by Gasteiger charge is 2.21. The minimum absolute atomic E-state index is 0.286. The second-order valence-corrected chi connectivity index (χ2v) is 3.40. The van der Waals surface area contributed by atoms with Gasteiger partial charge in [-0.3, -0.25) is 4.98 Å². The molecule has 4 nitrogen and oxygen atoms in total. The van der Waals surface area contributed by atoms with E-state index in [-0.39, 0.29) is 5.33 Å². The number of methoxy groups -OCH3 is 1. The zero-order valence-corrected chi connectivity index (χ0v) is 9.31. The maximum atomic E-state index is 9.68. The van der Waals surface area contributed by atoms with Crippen molar-refractivity contribution in [2.75, 3.05) is 12.4 Å². The first-order valence-corrected chi connectivity index (χ1v) is 5.23. The van der Waals surface area contributed by atoms with Crippen molar-refractivity contribution in [3.8, 4) is 5.75 Å². The van der Waals surface area contributed by atoms with E-state index in [2.05, 4.69) is 20.9 Å². The molecule has 1 aromatic heterocycles. The Morgan fingerprint density at radius 2 is 2.29 bits per heavy atom. The van der Waals surface area contributed by atoms with Crippen molar-refractivity contribution in [2.45, 2.75) is 12.2 Å². The molecule has 0 spiro atoms. The van der Waals surface area contributed by atoms with Gasteiger partial charge in [0.25, 0.3) is 0 Å². The number of hydrogen-bond acceptors (Lipinski definition) is 4. The fourth-order valence-corrected chi connectivity index (χ4v) is 1.42. The molecule has 0 aliphatic carbocycles. The number of ether oxygens (including phenoxy) is 1.